The number of rotatable bonds is 2. The van der Waals surface area contributed by atoms with Crippen LogP contribution in [0.25, 0.3) is 0 Å². The summed E-state index contributed by atoms with van der Waals surface area (Å²) in [6, 6.07) is 5.89. The number of nitrogens with one attached hydrogen (secondary N) is 1. The number of phenols is 1. The van der Waals surface area contributed by atoms with Gasteiger partial charge in [0.2, 0.25) is 0 Å². The van der Waals surface area contributed by atoms with Crippen molar-refractivity contribution in [3.8, 4) is 5.75 Å². The van der Waals surface area contributed by atoms with Crippen LogP contribution in [0.5, 0.6) is 5.75 Å². The van der Waals surface area contributed by atoms with Crippen LogP contribution in [0.3, 0.4) is 0 Å². The van der Waals surface area contributed by atoms with Gasteiger partial charge in [0.1, 0.15) is 5.75 Å². The van der Waals surface area contributed by atoms with E-state index in [1.165, 1.54) is 44.9 Å². The van der Waals surface area contributed by atoms with Crippen molar-refractivity contribution in [1.29, 1.82) is 0 Å². The molecule has 0 aliphatic heterocycles. The summed E-state index contributed by atoms with van der Waals surface area (Å²) in [4.78, 5) is 0. The molecule has 0 bridgehead atoms. The van der Waals surface area contributed by atoms with E-state index < -0.39 is 0 Å². The molecule has 1 aromatic carbocycles. The lowest BCUT2D eigenvalue weighted by atomic mass is 9.96. The van der Waals surface area contributed by atoms with Gasteiger partial charge in [-0.1, -0.05) is 43.7 Å². The highest BCUT2D eigenvalue weighted by Gasteiger charge is 2.11. The molecule has 0 radical (unpaired) electrons. The number of phenolic OH excluding ortho intramolecular Hbond substituents is 1. The Hall–Kier alpha value is -0.890. The highest BCUT2D eigenvalue weighted by molar-refractivity contribution is 6.32. The molecule has 2 N–H and O–H groups in total. The zero-order valence-corrected chi connectivity index (χ0v) is 10.8. The fourth-order valence-corrected chi connectivity index (χ4v) is 2.61. The van der Waals surface area contributed by atoms with Gasteiger partial charge >= 0.3 is 0 Å². The van der Waals surface area contributed by atoms with E-state index in [0.29, 0.717) is 11.1 Å². The van der Waals surface area contributed by atoms with Crippen LogP contribution in [-0.4, -0.2) is 11.1 Å². The average Bonchev–Trinajstić information content (AvgIpc) is 2.27. The van der Waals surface area contributed by atoms with E-state index in [1.54, 1.807) is 12.1 Å². The smallest absolute Gasteiger partial charge is 0.134 e. The zero-order valence-electron chi connectivity index (χ0n) is 10.1. The van der Waals surface area contributed by atoms with Crippen LogP contribution in [0, 0.1) is 0 Å². The minimum atomic E-state index is 0.148. The van der Waals surface area contributed by atoms with Crippen molar-refractivity contribution in [2.24, 2.45) is 0 Å². The molecule has 2 nitrogen and oxygen atoms in total. The Labute approximate surface area is 108 Å². The summed E-state index contributed by atoms with van der Waals surface area (Å²) in [6.07, 6.45) is 9.19. The summed E-state index contributed by atoms with van der Waals surface area (Å²) in [6.45, 7) is 0. The lowest BCUT2D eigenvalue weighted by Gasteiger charge is -2.22. The first-order valence-electron chi connectivity index (χ1n) is 6.51. The second-order valence-corrected chi connectivity index (χ2v) is 5.26. The van der Waals surface area contributed by atoms with Gasteiger partial charge in [-0.25, -0.2) is 0 Å². The monoisotopic (exact) mass is 253 g/mol. The number of hydrogen-bond donors (Lipinski definition) is 2. The Bertz CT molecular complexity index is 359. The molecule has 17 heavy (non-hydrogen) atoms. The summed E-state index contributed by atoms with van der Waals surface area (Å²) in [5, 5.41) is 13.3. The molecule has 1 fully saturated rings. The van der Waals surface area contributed by atoms with E-state index in [0.717, 1.165) is 5.69 Å². The first-order valence-corrected chi connectivity index (χ1v) is 6.88. The molecule has 1 saturated carbocycles. The molecule has 1 aliphatic rings. The van der Waals surface area contributed by atoms with Gasteiger partial charge in [-0.15, -0.1) is 0 Å². The topological polar surface area (TPSA) is 32.3 Å². The van der Waals surface area contributed by atoms with E-state index in [2.05, 4.69) is 5.32 Å². The Morgan fingerprint density at radius 3 is 2.35 bits per heavy atom. The van der Waals surface area contributed by atoms with Gasteiger partial charge in [0.05, 0.1) is 5.02 Å². The van der Waals surface area contributed by atoms with Crippen LogP contribution in [0.1, 0.15) is 44.9 Å². The third-order valence-corrected chi connectivity index (χ3v) is 3.73. The summed E-state index contributed by atoms with van der Waals surface area (Å²) in [5.74, 6) is 0.148. The van der Waals surface area contributed by atoms with E-state index >= 15 is 0 Å². The molecule has 0 spiro atoms. The van der Waals surface area contributed by atoms with Gasteiger partial charge < -0.3 is 10.4 Å². The number of halogens is 1. The van der Waals surface area contributed by atoms with E-state index in [1.807, 2.05) is 6.07 Å². The summed E-state index contributed by atoms with van der Waals surface area (Å²) < 4.78 is 0. The van der Waals surface area contributed by atoms with Gasteiger partial charge in [-0.05, 0) is 31.0 Å². The average molecular weight is 254 g/mol. The van der Waals surface area contributed by atoms with E-state index in [9.17, 15) is 5.11 Å². The molecule has 0 amide bonds. The second-order valence-electron chi connectivity index (χ2n) is 4.85. The van der Waals surface area contributed by atoms with Crippen molar-refractivity contribution in [2.75, 3.05) is 5.32 Å². The van der Waals surface area contributed by atoms with Gasteiger partial charge in [0.15, 0.2) is 0 Å². The van der Waals surface area contributed by atoms with Crippen LogP contribution in [-0.2, 0) is 0 Å². The van der Waals surface area contributed by atoms with Crippen molar-refractivity contribution in [3.63, 3.8) is 0 Å². The molecular weight excluding hydrogens is 234 g/mol. The first kappa shape index (κ1) is 12.6. The fourth-order valence-electron chi connectivity index (χ4n) is 2.43. The van der Waals surface area contributed by atoms with Crippen molar-refractivity contribution >= 4 is 17.3 Å². The Morgan fingerprint density at radius 2 is 1.71 bits per heavy atom. The van der Waals surface area contributed by atoms with Crippen LogP contribution in [0.4, 0.5) is 5.69 Å². The predicted octanol–water partition coefficient (Wildman–Crippen LogP) is 4.57. The van der Waals surface area contributed by atoms with Crippen molar-refractivity contribution in [3.05, 3.63) is 23.2 Å². The fraction of sp³-hybridized carbons (Fsp3) is 0.571. The van der Waals surface area contributed by atoms with Crippen molar-refractivity contribution in [2.45, 2.75) is 51.0 Å². The zero-order chi connectivity index (χ0) is 12.1. The molecule has 3 heteroatoms. The van der Waals surface area contributed by atoms with Gasteiger partial charge in [-0.2, -0.15) is 0 Å². The largest absolute Gasteiger partial charge is 0.506 e. The van der Waals surface area contributed by atoms with Crippen LogP contribution >= 0.6 is 11.6 Å². The molecule has 0 unspecified atom stereocenters. The number of anilines is 1. The van der Waals surface area contributed by atoms with Gasteiger partial charge in [0, 0.05) is 11.7 Å². The Balaban J connectivity index is 1.95. The summed E-state index contributed by atoms with van der Waals surface area (Å²) in [7, 11) is 0. The third-order valence-electron chi connectivity index (χ3n) is 3.42. The third kappa shape index (κ3) is 3.81. The number of aromatic hydroxyl groups is 1. The molecule has 2 rings (SSSR count). The lowest BCUT2D eigenvalue weighted by molar-refractivity contribution is 0.470. The minimum absolute atomic E-state index is 0.148. The number of benzene rings is 1. The minimum Gasteiger partial charge on any atom is -0.506 e. The van der Waals surface area contributed by atoms with E-state index in [-0.39, 0.29) is 5.75 Å². The molecule has 1 aromatic rings. The predicted molar refractivity (Wildman–Crippen MR) is 72.8 cm³/mol. The standard InChI is InChI=1S/C14H20ClNO/c15-13-10-12(8-9-14(13)17)16-11-6-4-2-1-3-5-7-11/h8-11,16-17H,1-7H2. The Kier molecular flexibility index (Phi) is 4.55. The molecule has 0 saturated heterocycles. The highest BCUT2D eigenvalue weighted by atomic mass is 35.5. The van der Waals surface area contributed by atoms with Crippen molar-refractivity contribution in [1.82, 2.24) is 0 Å². The summed E-state index contributed by atoms with van der Waals surface area (Å²) >= 11 is 5.90. The molecule has 0 atom stereocenters. The van der Waals surface area contributed by atoms with E-state index in [4.69, 9.17) is 11.6 Å². The Morgan fingerprint density at radius 1 is 1.06 bits per heavy atom. The maximum atomic E-state index is 9.37. The molecule has 0 aromatic heterocycles. The van der Waals surface area contributed by atoms with Crippen molar-refractivity contribution < 1.29 is 5.11 Å². The van der Waals surface area contributed by atoms with Crippen LogP contribution < -0.4 is 5.32 Å². The maximum Gasteiger partial charge on any atom is 0.134 e. The lowest BCUT2D eigenvalue weighted by Crippen LogP contribution is -2.20. The SMILES string of the molecule is Oc1ccc(NC2CCCCCCC2)cc1Cl. The maximum absolute atomic E-state index is 9.37. The number of hydrogen-bond acceptors (Lipinski definition) is 2. The van der Waals surface area contributed by atoms with Crippen LogP contribution in [0.2, 0.25) is 5.02 Å². The van der Waals surface area contributed by atoms with Gasteiger partial charge in [-0.3, -0.25) is 0 Å². The van der Waals surface area contributed by atoms with Crippen LogP contribution in [0.15, 0.2) is 18.2 Å². The normalized spacial score (nSPS) is 18.4. The first-order chi connectivity index (χ1) is 8.25. The van der Waals surface area contributed by atoms with Gasteiger partial charge in [0.25, 0.3) is 0 Å². The molecule has 1 aliphatic carbocycles. The molecular formula is C14H20ClNO. The molecule has 0 heterocycles. The highest BCUT2D eigenvalue weighted by Crippen LogP contribution is 2.28. The summed E-state index contributed by atoms with van der Waals surface area (Å²) in [5.41, 5.74) is 1.01. The second kappa shape index (κ2) is 6.15. The molecule has 94 valence electrons. The quantitative estimate of drug-likeness (QED) is 0.757.